The summed E-state index contributed by atoms with van der Waals surface area (Å²) >= 11 is 0. The number of rotatable bonds is 6. The average molecular weight is 221 g/mol. The molecule has 1 rings (SSSR count). The predicted octanol–water partition coefficient (Wildman–Crippen LogP) is 3.39. The largest absolute Gasteiger partial charge is 0.497 e. The first kappa shape index (κ1) is 13.0. The second kappa shape index (κ2) is 6.54. The van der Waals surface area contributed by atoms with E-state index in [1.54, 1.807) is 7.11 Å². The topological polar surface area (TPSA) is 21.3 Å². The molecule has 0 aromatic heterocycles. The third-order valence-corrected chi connectivity index (χ3v) is 2.88. The van der Waals surface area contributed by atoms with Crippen LogP contribution in [0.1, 0.15) is 38.3 Å². The van der Waals surface area contributed by atoms with Gasteiger partial charge < -0.3 is 10.1 Å². The van der Waals surface area contributed by atoms with Gasteiger partial charge in [-0.3, -0.25) is 0 Å². The zero-order valence-electron chi connectivity index (χ0n) is 10.8. The lowest BCUT2D eigenvalue weighted by Gasteiger charge is -2.18. The standard InChI is InChI=1S/C14H23NO/c1-11(2)8-9-14(15-3)12-6-5-7-13(10-12)16-4/h5-7,10-11,14-15H,8-9H2,1-4H3. The van der Waals surface area contributed by atoms with Gasteiger partial charge in [-0.1, -0.05) is 26.0 Å². The molecule has 0 aliphatic carbocycles. The molecule has 1 N–H and O–H groups in total. The molecule has 0 aliphatic heterocycles. The van der Waals surface area contributed by atoms with Crippen LogP contribution in [0.15, 0.2) is 24.3 Å². The van der Waals surface area contributed by atoms with Crippen molar-refractivity contribution in [3.63, 3.8) is 0 Å². The molecule has 0 heterocycles. The molecule has 0 saturated heterocycles. The first-order valence-electron chi connectivity index (χ1n) is 5.98. The number of benzene rings is 1. The van der Waals surface area contributed by atoms with Crippen LogP contribution in [-0.2, 0) is 0 Å². The molecule has 1 unspecified atom stereocenters. The Morgan fingerprint density at radius 3 is 2.56 bits per heavy atom. The maximum absolute atomic E-state index is 5.25. The highest BCUT2D eigenvalue weighted by Gasteiger charge is 2.10. The minimum atomic E-state index is 0.428. The Labute approximate surface area is 99.0 Å². The van der Waals surface area contributed by atoms with E-state index in [9.17, 15) is 0 Å². The summed E-state index contributed by atoms with van der Waals surface area (Å²) in [5.74, 6) is 1.68. The highest BCUT2D eigenvalue weighted by atomic mass is 16.5. The lowest BCUT2D eigenvalue weighted by molar-refractivity contribution is 0.411. The van der Waals surface area contributed by atoms with Crippen molar-refractivity contribution in [2.75, 3.05) is 14.2 Å². The molecule has 1 atom stereocenters. The van der Waals surface area contributed by atoms with Gasteiger partial charge in [-0.05, 0) is 43.5 Å². The number of methoxy groups -OCH3 is 1. The van der Waals surface area contributed by atoms with Crippen LogP contribution in [0.5, 0.6) is 5.75 Å². The Morgan fingerprint density at radius 2 is 2.00 bits per heavy atom. The fourth-order valence-electron chi connectivity index (χ4n) is 1.84. The molecule has 0 amide bonds. The summed E-state index contributed by atoms with van der Waals surface area (Å²) < 4.78 is 5.25. The Morgan fingerprint density at radius 1 is 1.25 bits per heavy atom. The lowest BCUT2D eigenvalue weighted by atomic mass is 9.97. The minimum Gasteiger partial charge on any atom is -0.497 e. The van der Waals surface area contributed by atoms with E-state index in [-0.39, 0.29) is 0 Å². The van der Waals surface area contributed by atoms with Crippen molar-refractivity contribution in [3.05, 3.63) is 29.8 Å². The third-order valence-electron chi connectivity index (χ3n) is 2.88. The lowest BCUT2D eigenvalue weighted by Crippen LogP contribution is -2.16. The van der Waals surface area contributed by atoms with E-state index in [0.717, 1.165) is 11.7 Å². The average Bonchev–Trinajstić information content (AvgIpc) is 2.30. The maximum Gasteiger partial charge on any atom is 0.119 e. The highest BCUT2D eigenvalue weighted by Crippen LogP contribution is 2.23. The van der Waals surface area contributed by atoms with Gasteiger partial charge in [0, 0.05) is 6.04 Å². The van der Waals surface area contributed by atoms with Crippen LogP contribution in [-0.4, -0.2) is 14.2 Å². The summed E-state index contributed by atoms with van der Waals surface area (Å²) in [6, 6.07) is 8.73. The van der Waals surface area contributed by atoms with Crippen LogP contribution in [0.3, 0.4) is 0 Å². The number of nitrogens with one attached hydrogen (secondary N) is 1. The second-order valence-electron chi connectivity index (χ2n) is 4.59. The molecule has 1 aromatic carbocycles. The van der Waals surface area contributed by atoms with E-state index in [1.807, 2.05) is 19.2 Å². The number of hydrogen-bond acceptors (Lipinski definition) is 2. The first-order valence-corrected chi connectivity index (χ1v) is 5.98. The Balaban J connectivity index is 2.70. The molecule has 0 saturated carbocycles. The Kier molecular flexibility index (Phi) is 5.33. The van der Waals surface area contributed by atoms with Gasteiger partial charge in [-0.15, -0.1) is 0 Å². The van der Waals surface area contributed by atoms with Gasteiger partial charge in [0.25, 0.3) is 0 Å². The summed E-state index contributed by atoms with van der Waals surface area (Å²) in [7, 11) is 3.73. The Hall–Kier alpha value is -1.02. The molecule has 0 bridgehead atoms. The molecule has 90 valence electrons. The predicted molar refractivity (Wildman–Crippen MR) is 68.9 cm³/mol. The fourth-order valence-corrected chi connectivity index (χ4v) is 1.84. The van der Waals surface area contributed by atoms with E-state index < -0.39 is 0 Å². The van der Waals surface area contributed by atoms with Gasteiger partial charge in [-0.2, -0.15) is 0 Å². The zero-order chi connectivity index (χ0) is 12.0. The monoisotopic (exact) mass is 221 g/mol. The summed E-state index contributed by atoms with van der Waals surface area (Å²) in [6.07, 6.45) is 2.41. The summed E-state index contributed by atoms with van der Waals surface area (Å²) in [4.78, 5) is 0. The van der Waals surface area contributed by atoms with E-state index in [4.69, 9.17) is 4.74 Å². The van der Waals surface area contributed by atoms with Crippen LogP contribution in [0.2, 0.25) is 0 Å². The van der Waals surface area contributed by atoms with Crippen molar-refractivity contribution < 1.29 is 4.74 Å². The van der Waals surface area contributed by atoms with E-state index in [1.165, 1.54) is 18.4 Å². The van der Waals surface area contributed by atoms with Gasteiger partial charge in [0.15, 0.2) is 0 Å². The molecule has 0 aliphatic rings. The van der Waals surface area contributed by atoms with Crippen LogP contribution in [0.4, 0.5) is 0 Å². The normalized spacial score (nSPS) is 12.8. The molecule has 0 radical (unpaired) electrons. The quantitative estimate of drug-likeness (QED) is 0.795. The highest BCUT2D eigenvalue weighted by molar-refractivity contribution is 5.30. The smallest absolute Gasteiger partial charge is 0.119 e. The second-order valence-corrected chi connectivity index (χ2v) is 4.59. The molecule has 16 heavy (non-hydrogen) atoms. The van der Waals surface area contributed by atoms with Crippen LogP contribution >= 0.6 is 0 Å². The molecule has 1 aromatic rings. The van der Waals surface area contributed by atoms with Gasteiger partial charge in [0.1, 0.15) is 5.75 Å². The number of ether oxygens (including phenoxy) is 1. The molecule has 0 fully saturated rings. The molecular weight excluding hydrogens is 198 g/mol. The summed E-state index contributed by atoms with van der Waals surface area (Å²) in [5.41, 5.74) is 1.31. The molecule has 0 spiro atoms. The van der Waals surface area contributed by atoms with Gasteiger partial charge in [0.05, 0.1) is 7.11 Å². The third kappa shape index (κ3) is 3.86. The van der Waals surface area contributed by atoms with Gasteiger partial charge in [-0.25, -0.2) is 0 Å². The Bertz CT molecular complexity index is 309. The van der Waals surface area contributed by atoms with Gasteiger partial charge in [0.2, 0.25) is 0 Å². The van der Waals surface area contributed by atoms with E-state index in [2.05, 4.69) is 31.3 Å². The first-order chi connectivity index (χ1) is 7.67. The SMILES string of the molecule is CNC(CCC(C)C)c1cccc(OC)c1. The fraction of sp³-hybridized carbons (Fsp3) is 0.571. The maximum atomic E-state index is 5.25. The van der Waals surface area contributed by atoms with Crippen molar-refractivity contribution in [3.8, 4) is 5.75 Å². The van der Waals surface area contributed by atoms with Gasteiger partial charge >= 0.3 is 0 Å². The van der Waals surface area contributed by atoms with E-state index in [0.29, 0.717) is 6.04 Å². The van der Waals surface area contributed by atoms with Crippen molar-refractivity contribution >= 4 is 0 Å². The van der Waals surface area contributed by atoms with Crippen molar-refractivity contribution in [2.45, 2.75) is 32.7 Å². The zero-order valence-corrected chi connectivity index (χ0v) is 10.8. The van der Waals surface area contributed by atoms with Crippen molar-refractivity contribution in [2.24, 2.45) is 5.92 Å². The van der Waals surface area contributed by atoms with Crippen LogP contribution < -0.4 is 10.1 Å². The van der Waals surface area contributed by atoms with Crippen molar-refractivity contribution in [1.29, 1.82) is 0 Å². The molecule has 2 heteroatoms. The number of hydrogen-bond donors (Lipinski definition) is 1. The van der Waals surface area contributed by atoms with Crippen molar-refractivity contribution in [1.82, 2.24) is 5.32 Å². The van der Waals surface area contributed by atoms with Crippen LogP contribution in [0.25, 0.3) is 0 Å². The van der Waals surface area contributed by atoms with E-state index >= 15 is 0 Å². The van der Waals surface area contributed by atoms with Crippen LogP contribution in [0, 0.1) is 5.92 Å². The minimum absolute atomic E-state index is 0.428. The molecular formula is C14H23NO. The molecule has 2 nitrogen and oxygen atoms in total. The summed E-state index contributed by atoms with van der Waals surface area (Å²) in [6.45, 7) is 4.52. The summed E-state index contributed by atoms with van der Waals surface area (Å²) in [5, 5.41) is 3.37.